The quantitative estimate of drug-likeness (QED) is 0.231. The molecule has 0 aliphatic heterocycles. The van der Waals surface area contributed by atoms with Crippen LogP contribution in [0.25, 0.3) is 0 Å². The van der Waals surface area contributed by atoms with Crippen LogP contribution in [0.4, 0.5) is 0 Å². The Bertz CT molecular complexity index is 629. The molecule has 0 saturated heterocycles. The number of phenolic OH excluding ortho intramolecular Hbond substituents is 1. The second kappa shape index (κ2) is 7.40. The van der Waals surface area contributed by atoms with Crippen molar-refractivity contribution in [1.29, 1.82) is 0 Å². The predicted octanol–water partition coefficient (Wildman–Crippen LogP) is -1.63. The summed E-state index contributed by atoms with van der Waals surface area (Å²) in [6, 6.07) is 9.75. The summed E-state index contributed by atoms with van der Waals surface area (Å²) in [6.45, 7) is 0.149. The van der Waals surface area contributed by atoms with E-state index in [0.717, 1.165) is 0 Å². The van der Waals surface area contributed by atoms with Gasteiger partial charge in [-0.2, -0.15) is 4.57 Å². The second-order valence-electron chi connectivity index (χ2n) is 4.03. The van der Waals surface area contributed by atoms with Crippen LogP contribution in [0.2, 0.25) is 0 Å². The SMILES string of the molecule is O=C(C[n+]1cccc(C=NO)c1)c1cccc(O)c1.[Br-]. The molecule has 0 atom stereocenters. The normalized spacial score (nSPS) is 10.2. The first kappa shape index (κ1) is 15.8. The number of carbonyl (C=O) groups excluding carboxylic acids is 1. The zero-order chi connectivity index (χ0) is 13.7. The Morgan fingerprint density at radius 2 is 2.10 bits per heavy atom. The fraction of sp³-hybridized carbons (Fsp3) is 0.0714. The number of nitrogens with zero attached hydrogens (tertiary/aromatic N) is 2. The Morgan fingerprint density at radius 3 is 2.80 bits per heavy atom. The molecule has 2 N–H and O–H groups in total. The van der Waals surface area contributed by atoms with E-state index in [9.17, 15) is 9.90 Å². The third kappa shape index (κ3) is 4.17. The summed E-state index contributed by atoms with van der Waals surface area (Å²) in [6.07, 6.45) is 4.73. The molecule has 1 aromatic carbocycles. The molecule has 1 heterocycles. The molecular weight excluding hydrogens is 324 g/mol. The molecule has 2 rings (SSSR count). The second-order valence-corrected chi connectivity index (χ2v) is 4.03. The topological polar surface area (TPSA) is 73.8 Å². The van der Waals surface area contributed by atoms with E-state index in [1.165, 1.54) is 18.3 Å². The predicted molar refractivity (Wildman–Crippen MR) is 68.5 cm³/mol. The molecule has 0 radical (unpaired) electrons. The van der Waals surface area contributed by atoms with E-state index in [-0.39, 0.29) is 35.1 Å². The number of rotatable bonds is 4. The number of pyridine rings is 1. The summed E-state index contributed by atoms with van der Waals surface area (Å²) in [7, 11) is 0. The number of phenols is 1. The molecule has 0 saturated carbocycles. The molecular formula is C14H13BrN2O3. The van der Waals surface area contributed by atoms with Crippen LogP contribution in [-0.2, 0) is 6.54 Å². The van der Waals surface area contributed by atoms with Gasteiger partial charge in [0.2, 0.25) is 12.3 Å². The minimum Gasteiger partial charge on any atom is -1.00 e. The number of carbonyl (C=O) groups is 1. The van der Waals surface area contributed by atoms with Gasteiger partial charge in [0.25, 0.3) is 0 Å². The van der Waals surface area contributed by atoms with Crippen molar-refractivity contribution in [3.05, 3.63) is 59.9 Å². The molecule has 0 fully saturated rings. The lowest BCUT2D eigenvalue weighted by Crippen LogP contribution is -3.00. The van der Waals surface area contributed by atoms with Gasteiger partial charge in [0, 0.05) is 11.6 Å². The first-order valence-electron chi connectivity index (χ1n) is 5.68. The van der Waals surface area contributed by atoms with E-state index in [0.29, 0.717) is 11.1 Å². The highest BCUT2D eigenvalue weighted by molar-refractivity contribution is 5.95. The van der Waals surface area contributed by atoms with Crippen molar-refractivity contribution in [3.63, 3.8) is 0 Å². The van der Waals surface area contributed by atoms with Crippen molar-refractivity contribution in [2.45, 2.75) is 6.54 Å². The van der Waals surface area contributed by atoms with Gasteiger partial charge in [0.15, 0.2) is 12.4 Å². The Balaban J connectivity index is 0.00000200. The molecule has 0 unspecified atom stereocenters. The Labute approximate surface area is 126 Å². The smallest absolute Gasteiger partial charge is 0.227 e. The molecule has 1 aromatic heterocycles. The number of hydrogen-bond acceptors (Lipinski definition) is 4. The summed E-state index contributed by atoms with van der Waals surface area (Å²) >= 11 is 0. The number of aromatic hydroxyl groups is 1. The van der Waals surface area contributed by atoms with Gasteiger partial charge in [0.05, 0.1) is 11.8 Å². The standard InChI is InChI=1S/C14H12N2O3.BrH/c17-13-5-1-4-12(7-13)14(18)10-16-6-2-3-11(9-16)8-15-19;/h1-9H,10H2,(H-,17,19);1H. The summed E-state index contributed by atoms with van der Waals surface area (Å²) in [5.74, 6) is -0.0454. The van der Waals surface area contributed by atoms with E-state index < -0.39 is 0 Å². The van der Waals surface area contributed by atoms with Crippen molar-refractivity contribution >= 4 is 12.0 Å². The number of halogens is 1. The van der Waals surface area contributed by atoms with E-state index in [1.54, 1.807) is 41.2 Å². The monoisotopic (exact) mass is 336 g/mol. The molecule has 2 aromatic rings. The van der Waals surface area contributed by atoms with Crippen molar-refractivity contribution in [2.24, 2.45) is 5.16 Å². The lowest BCUT2D eigenvalue weighted by atomic mass is 10.1. The molecule has 0 amide bonds. The van der Waals surface area contributed by atoms with Crippen LogP contribution in [0.15, 0.2) is 53.9 Å². The third-order valence-corrected chi connectivity index (χ3v) is 2.58. The van der Waals surface area contributed by atoms with Gasteiger partial charge in [-0.05, 0) is 18.2 Å². The van der Waals surface area contributed by atoms with Gasteiger partial charge < -0.3 is 27.3 Å². The summed E-state index contributed by atoms with van der Waals surface area (Å²) in [5, 5.41) is 20.7. The first-order valence-corrected chi connectivity index (χ1v) is 5.68. The van der Waals surface area contributed by atoms with Gasteiger partial charge in [-0.3, -0.25) is 4.79 Å². The van der Waals surface area contributed by atoms with Crippen LogP contribution in [0.1, 0.15) is 15.9 Å². The largest absolute Gasteiger partial charge is 1.00 e. The molecule has 0 aliphatic rings. The van der Waals surface area contributed by atoms with Crippen molar-refractivity contribution in [2.75, 3.05) is 0 Å². The average Bonchev–Trinajstić information content (AvgIpc) is 2.39. The molecule has 104 valence electrons. The average molecular weight is 337 g/mol. The van der Waals surface area contributed by atoms with Crippen LogP contribution in [0.5, 0.6) is 5.75 Å². The molecule has 0 bridgehead atoms. The molecule has 6 heteroatoms. The summed E-state index contributed by atoms with van der Waals surface area (Å²) in [4.78, 5) is 12.0. The molecule has 0 aliphatic carbocycles. The zero-order valence-electron chi connectivity index (χ0n) is 10.5. The fourth-order valence-electron chi connectivity index (χ4n) is 1.72. The maximum Gasteiger partial charge on any atom is 0.227 e. The Morgan fingerprint density at radius 1 is 1.30 bits per heavy atom. The lowest BCUT2D eigenvalue weighted by Gasteiger charge is -1.99. The number of aromatic nitrogens is 1. The van der Waals surface area contributed by atoms with E-state index >= 15 is 0 Å². The summed E-state index contributed by atoms with van der Waals surface area (Å²) in [5.41, 5.74) is 1.14. The van der Waals surface area contributed by atoms with Crippen LogP contribution >= 0.6 is 0 Å². The van der Waals surface area contributed by atoms with Crippen molar-refractivity contribution in [1.82, 2.24) is 0 Å². The molecule has 20 heavy (non-hydrogen) atoms. The fourth-order valence-corrected chi connectivity index (χ4v) is 1.72. The highest BCUT2D eigenvalue weighted by atomic mass is 79.9. The molecule has 0 spiro atoms. The number of oxime groups is 1. The van der Waals surface area contributed by atoms with Gasteiger partial charge in [0.1, 0.15) is 5.75 Å². The Kier molecular flexibility index (Phi) is 5.86. The lowest BCUT2D eigenvalue weighted by molar-refractivity contribution is -0.683. The maximum absolute atomic E-state index is 12.0. The third-order valence-electron chi connectivity index (χ3n) is 2.58. The number of ketones is 1. The number of Topliss-reactive ketones (excluding diaryl/α,β-unsaturated/α-hetero) is 1. The highest BCUT2D eigenvalue weighted by Gasteiger charge is 2.12. The Hall–Kier alpha value is -2.21. The van der Waals surface area contributed by atoms with Crippen molar-refractivity contribution in [3.8, 4) is 5.75 Å². The first-order chi connectivity index (χ1) is 9.19. The van der Waals surface area contributed by atoms with Gasteiger partial charge in [-0.15, -0.1) is 0 Å². The number of hydrogen-bond donors (Lipinski definition) is 2. The van der Waals surface area contributed by atoms with E-state index in [4.69, 9.17) is 5.21 Å². The van der Waals surface area contributed by atoms with Gasteiger partial charge >= 0.3 is 0 Å². The summed E-state index contributed by atoms with van der Waals surface area (Å²) < 4.78 is 1.68. The van der Waals surface area contributed by atoms with Crippen LogP contribution in [-0.4, -0.2) is 22.3 Å². The molecule has 5 nitrogen and oxygen atoms in total. The minimum absolute atomic E-state index is 0. The van der Waals surface area contributed by atoms with Gasteiger partial charge in [-0.1, -0.05) is 17.3 Å². The van der Waals surface area contributed by atoms with Gasteiger partial charge in [-0.25, -0.2) is 0 Å². The van der Waals surface area contributed by atoms with Crippen LogP contribution < -0.4 is 21.5 Å². The van der Waals surface area contributed by atoms with E-state index in [2.05, 4.69) is 5.16 Å². The van der Waals surface area contributed by atoms with E-state index in [1.807, 2.05) is 0 Å². The zero-order valence-corrected chi connectivity index (χ0v) is 12.1. The van der Waals surface area contributed by atoms with Crippen molar-refractivity contribution < 1.29 is 36.7 Å². The van der Waals surface area contributed by atoms with Crippen LogP contribution in [0.3, 0.4) is 0 Å². The maximum atomic E-state index is 12.0. The number of benzene rings is 1. The minimum atomic E-state index is -0.112. The van der Waals surface area contributed by atoms with Crippen LogP contribution in [0, 0.1) is 0 Å². The highest BCUT2D eigenvalue weighted by Crippen LogP contribution is 2.11.